The predicted molar refractivity (Wildman–Crippen MR) is 129 cm³/mol. The normalized spacial score (nSPS) is 15.0. The number of anilines is 1. The van der Waals surface area contributed by atoms with Gasteiger partial charge >= 0.3 is 5.97 Å². The van der Waals surface area contributed by atoms with E-state index in [1.54, 1.807) is 24.3 Å². The van der Waals surface area contributed by atoms with E-state index < -0.39 is 23.6 Å². The molecule has 34 heavy (non-hydrogen) atoms. The molecule has 0 bridgehead atoms. The molecule has 0 saturated carbocycles. The van der Waals surface area contributed by atoms with Crippen LogP contribution in [-0.4, -0.2) is 34.6 Å². The lowest BCUT2D eigenvalue weighted by atomic mass is 10.1. The predicted octanol–water partition coefficient (Wildman–Crippen LogP) is 3.85. The van der Waals surface area contributed by atoms with Crippen LogP contribution in [0.4, 0.5) is 10.1 Å². The number of para-hydroxylation sites is 1. The van der Waals surface area contributed by atoms with Crippen LogP contribution in [0.15, 0.2) is 60.2 Å². The summed E-state index contributed by atoms with van der Waals surface area (Å²) in [4.78, 5) is 39.3. The van der Waals surface area contributed by atoms with Crippen LogP contribution in [-0.2, 0) is 14.3 Å². The Morgan fingerprint density at radius 3 is 2.44 bits per heavy atom. The molecule has 0 atom stereocenters. The Labute approximate surface area is 200 Å². The average molecular weight is 478 g/mol. The van der Waals surface area contributed by atoms with Gasteiger partial charge in [0.25, 0.3) is 11.8 Å². The van der Waals surface area contributed by atoms with Crippen LogP contribution in [0.25, 0.3) is 11.8 Å². The maximum atomic E-state index is 13.4. The van der Waals surface area contributed by atoms with Gasteiger partial charge in [0.15, 0.2) is 5.11 Å². The monoisotopic (exact) mass is 477 g/mol. The van der Waals surface area contributed by atoms with Gasteiger partial charge in [0, 0.05) is 11.4 Å². The van der Waals surface area contributed by atoms with E-state index in [-0.39, 0.29) is 10.7 Å². The second-order valence-corrected chi connectivity index (χ2v) is 7.99. The maximum absolute atomic E-state index is 13.4. The van der Waals surface area contributed by atoms with E-state index in [1.165, 1.54) is 37.5 Å². The third-order valence-electron chi connectivity index (χ3n) is 5.51. The van der Waals surface area contributed by atoms with E-state index in [2.05, 4.69) is 5.32 Å². The van der Waals surface area contributed by atoms with Gasteiger partial charge < -0.3 is 9.30 Å². The Kier molecular flexibility index (Phi) is 6.12. The summed E-state index contributed by atoms with van der Waals surface area (Å²) < 4.78 is 20.1. The first-order valence-electron chi connectivity index (χ1n) is 10.3. The number of hydrogen-bond acceptors (Lipinski definition) is 5. The van der Waals surface area contributed by atoms with Crippen molar-refractivity contribution in [1.82, 2.24) is 9.88 Å². The Morgan fingerprint density at radius 2 is 1.76 bits per heavy atom. The van der Waals surface area contributed by atoms with Crippen molar-refractivity contribution in [3.63, 3.8) is 0 Å². The summed E-state index contributed by atoms with van der Waals surface area (Å²) in [5.74, 6) is -2.19. The average Bonchev–Trinajstić information content (AvgIpc) is 3.09. The van der Waals surface area contributed by atoms with Gasteiger partial charge in [0.1, 0.15) is 11.4 Å². The zero-order valence-electron chi connectivity index (χ0n) is 18.6. The number of esters is 1. The molecule has 1 aromatic heterocycles. The summed E-state index contributed by atoms with van der Waals surface area (Å²) in [5.41, 5.74) is 3.31. The van der Waals surface area contributed by atoms with Gasteiger partial charge in [0.05, 0.1) is 24.0 Å². The van der Waals surface area contributed by atoms with Gasteiger partial charge in [-0.05, 0) is 80.2 Å². The molecule has 0 aliphatic carbocycles. The number of aromatic nitrogens is 1. The molecule has 1 saturated heterocycles. The fourth-order valence-electron chi connectivity index (χ4n) is 3.89. The number of hydrogen-bond donors (Lipinski definition) is 1. The summed E-state index contributed by atoms with van der Waals surface area (Å²) in [6.07, 6.45) is 1.48. The number of rotatable bonds is 4. The number of carbonyl (C=O) groups excluding carboxylic acids is 3. The number of benzene rings is 2. The number of nitrogens with zero attached hydrogens (tertiary/aromatic N) is 2. The number of aryl methyl sites for hydroxylation is 1. The molecule has 4 rings (SSSR count). The molecule has 0 spiro atoms. The van der Waals surface area contributed by atoms with Crippen LogP contribution in [0, 0.1) is 19.7 Å². The first-order chi connectivity index (χ1) is 16.2. The molecular weight excluding hydrogens is 457 g/mol. The Balaban J connectivity index is 1.79. The topological polar surface area (TPSA) is 80.6 Å². The van der Waals surface area contributed by atoms with Crippen molar-refractivity contribution < 1.29 is 23.5 Å². The SMILES string of the molecule is COC(=O)c1ccccc1-n1c(C)cc(/C=C2/C(=O)NC(=S)N(c3ccc(F)cc3)C2=O)c1C. The largest absolute Gasteiger partial charge is 0.465 e. The van der Waals surface area contributed by atoms with Gasteiger partial charge in [0.2, 0.25) is 0 Å². The van der Waals surface area contributed by atoms with Crippen molar-refractivity contribution in [3.05, 3.63) is 88.5 Å². The summed E-state index contributed by atoms with van der Waals surface area (Å²) in [5, 5.41) is 2.43. The Hall–Kier alpha value is -4.11. The molecule has 2 amide bonds. The van der Waals surface area contributed by atoms with Gasteiger partial charge in [-0.25, -0.2) is 9.18 Å². The minimum absolute atomic E-state index is 0.0868. The standard InChI is InChI=1S/C25H20FN3O4S/c1-14-12-16(15(2)28(14)21-7-5-4-6-19(21)24(32)33-3)13-20-22(30)27-25(34)29(23(20)31)18-10-8-17(26)9-11-18/h4-13H,1-3H3,(H,27,30,34)/b20-13-. The van der Waals surface area contributed by atoms with E-state index in [4.69, 9.17) is 17.0 Å². The van der Waals surface area contributed by atoms with Crippen LogP contribution < -0.4 is 10.2 Å². The van der Waals surface area contributed by atoms with Gasteiger partial charge in [-0.1, -0.05) is 12.1 Å². The van der Waals surface area contributed by atoms with Crippen LogP contribution in [0.5, 0.6) is 0 Å². The molecule has 1 fully saturated rings. The fourth-order valence-corrected chi connectivity index (χ4v) is 4.17. The molecule has 1 aliphatic heterocycles. The molecule has 2 heterocycles. The van der Waals surface area contributed by atoms with Crippen molar-refractivity contribution in [1.29, 1.82) is 0 Å². The second kappa shape index (κ2) is 9.03. The molecule has 0 radical (unpaired) electrons. The highest BCUT2D eigenvalue weighted by atomic mass is 32.1. The van der Waals surface area contributed by atoms with Gasteiger partial charge in [-0.2, -0.15) is 0 Å². The van der Waals surface area contributed by atoms with Crippen molar-refractivity contribution in [2.45, 2.75) is 13.8 Å². The van der Waals surface area contributed by atoms with E-state index in [1.807, 2.05) is 24.5 Å². The van der Waals surface area contributed by atoms with Crippen molar-refractivity contribution in [2.75, 3.05) is 12.0 Å². The first-order valence-corrected chi connectivity index (χ1v) is 10.7. The number of nitrogens with one attached hydrogen (secondary N) is 1. The fraction of sp³-hybridized carbons (Fsp3) is 0.120. The zero-order valence-corrected chi connectivity index (χ0v) is 19.4. The number of methoxy groups -OCH3 is 1. The minimum Gasteiger partial charge on any atom is -0.465 e. The van der Waals surface area contributed by atoms with Crippen molar-refractivity contribution in [3.8, 4) is 5.69 Å². The molecule has 9 heteroatoms. The highest BCUT2D eigenvalue weighted by Gasteiger charge is 2.34. The Morgan fingerprint density at radius 1 is 1.09 bits per heavy atom. The number of ether oxygens (including phenoxy) is 1. The number of halogens is 1. The number of thiocarbonyl (C=S) groups is 1. The van der Waals surface area contributed by atoms with Crippen molar-refractivity contribution >= 4 is 46.9 Å². The molecule has 3 aromatic rings. The Bertz CT molecular complexity index is 1380. The second-order valence-electron chi connectivity index (χ2n) is 7.60. The number of amides is 2. The molecular formula is C25H20FN3O4S. The smallest absolute Gasteiger partial charge is 0.339 e. The molecule has 0 unspecified atom stereocenters. The lowest BCUT2D eigenvalue weighted by molar-refractivity contribution is -0.122. The van der Waals surface area contributed by atoms with E-state index in [9.17, 15) is 18.8 Å². The van der Waals surface area contributed by atoms with Gasteiger partial charge in [-0.15, -0.1) is 0 Å². The van der Waals surface area contributed by atoms with Crippen LogP contribution in [0.2, 0.25) is 0 Å². The lowest BCUT2D eigenvalue weighted by Gasteiger charge is -2.28. The molecule has 1 aliphatic rings. The maximum Gasteiger partial charge on any atom is 0.339 e. The van der Waals surface area contributed by atoms with Crippen LogP contribution >= 0.6 is 12.2 Å². The summed E-state index contributed by atoms with van der Waals surface area (Å²) >= 11 is 5.18. The van der Waals surface area contributed by atoms with E-state index in [0.29, 0.717) is 28.2 Å². The first kappa shape index (κ1) is 23.1. The van der Waals surface area contributed by atoms with Crippen molar-refractivity contribution in [2.24, 2.45) is 0 Å². The number of carbonyl (C=O) groups is 3. The molecule has 172 valence electrons. The quantitative estimate of drug-likeness (QED) is 0.267. The molecule has 1 N–H and O–H groups in total. The summed E-state index contributed by atoms with van der Waals surface area (Å²) in [7, 11) is 1.31. The van der Waals surface area contributed by atoms with E-state index in [0.717, 1.165) is 10.6 Å². The summed E-state index contributed by atoms with van der Waals surface area (Å²) in [6.45, 7) is 3.67. The van der Waals surface area contributed by atoms with Crippen LogP contribution in [0.3, 0.4) is 0 Å². The zero-order chi connectivity index (χ0) is 24.6. The highest BCUT2D eigenvalue weighted by molar-refractivity contribution is 7.80. The highest BCUT2D eigenvalue weighted by Crippen LogP contribution is 2.27. The third-order valence-corrected chi connectivity index (χ3v) is 5.79. The van der Waals surface area contributed by atoms with E-state index >= 15 is 0 Å². The van der Waals surface area contributed by atoms with Gasteiger partial charge in [-0.3, -0.25) is 19.8 Å². The third kappa shape index (κ3) is 4.01. The minimum atomic E-state index is -0.631. The molecule has 2 aromatic carbocycles. The lowest BCUT2D eigenvalue weighted by Crippen LogP contribution is -2.54. The summed E-state index contributed by atoms with van der Waals surface area (Å²) in [6, 6.07) is 14.0. The molecule has 7 nitrogen and oxygen atoms in total. The van der Waals surface area contributed by atoms with Crippen LogP contribution in [0.1, 0.15) is 27.3 Å².